The van der Waals surface area contributed by atoms with Crippen LogP contribution in [0.2, 0.25) is 0 Å². The summed E-state index contributed by atoms with van der Waals surface area (Å²) < 4.78 is 10.3. The number of hydrogen-bond acceptors (Lipinski definition) is 6. The fourth-order valence-corrected chi connectivity index (χ4v) is 3.63. The molecule has 1 N–H and O–H groups in total. The normalized spacial score (nSPS) is 15.3. The van der Waals surface area contributed by atoms with Gasteiger partial charge in [-0.2, -0.15) is 4.98 Å². The maximum absolute atomic E-state index is 12.2. The van der Waals surface area contributed by atoms with E-state index < -0.39 is 5.97 Å². The van der Waals surface area contributed by atoms with Gasteiger partial charge < -0.3 is 14.6 Å². The van der Waals surface area contributed by atoms with Crippen LogP contribution in [-0.4, -0.2) is 28.6 Å². The second-order valence-electron chi connectivity index (χ2n) is 7.25. The minimum absolute atomic E-state index is 0.0315. The van der Waals surface area contributed by atoms with Crippen LogP contribution in [0.5, 0.6) is 0 Å². The van der Waals surface area contributed by atoms with Gasteiger partial charge in [0.15, 0.2) is 6.61 Å². The first-order valence-electron chi connectivity index (χ1n) is 10.1. The molecule has 7 nitrogen and oxygen atoms in total. The maximum atomic E-state index is 12.2. The predicted octanol–water partition coefficient (Wildman–Crippen LogP) is 3.41. The molecular weight excluding hydrogens is 382 g/mol. The molecule has 0 aliphatic heterocycles. The van der Waals surface area contributed by atoms with Gasteiger partial charge in [0.05, 0.1) is 12.5 Å². The van der Waals surface area contributed by atoms with E-state index in [0.717, 1.165) is 30.4 Å². The van der Waals surface area contributed by atoms with Crippen molar-refractivity contribution in [2.45, 2.75) is 38.1 Å². The summed E-state index contributed by atoms with van der Waals surface area (Å²) >= 11 is 0. The Kier molecular flexibility index (Phi) is 6.17. The van der Waals surface area contributed by atoms with E-state index in [2.05, 4.69) is 21.5 Å². The van der Waals surface area contributed by atoms with Gasteiger partial charge in [-0.3, -0.25) is 9.59 Å². The van der Waals surface area contributed by atoms with Crippen molar-refractivity contribution in [2.24, 2.45) is 0 Å². The summed E-state index contributed by atoms with van der Waals surface area (Å²) in [5.74, 6) is 0.0584. The zero-order chi connectivity index (χ0) is 20.8. The van der Waals surface area contributed by atoms with Gasteiger partial charge in [0.25, 0.3) is 5.91 Å². The predicted molar refractivity (Wildman–Crippen MR) is 109 cm³/mol. The fourth-order valence-electron chi connectivity index (χ4n) is 3.63. The second kappa shape index (κ2) is 9.35. The average Bonchev–Trinajstić information content (AvgIpc) is 3.26. The molecule has 1 atom stereocenters. The van der Waals surface area contributed by atoms with E-state index in [1.54, 1.807) is 0 Å². The van der Waals surface area contributed by atoms with Gasteiger partial charge in [0.2, 0.25) is 11.7 Å². The molecule has 0 bridgehead atoms. The van der Waals surface area contributed by atoms with Crippen LogP contribution in [0.4, 0.5) is 0 Å². The van der Waals surface area contributed by atoms with Crippen molar-refractivity contribution in [3.63, 3.8) is 0 Å². The first-order valence-corrected chi connectivity index (χ1v) is 10.1. The van der Waals surface area contributed by atoms with E-state index in [0.29, 0.717) is 11.7 Å². The smallest absolute Gasteiger partial charge is 0.306 e. The standard InChI is InChI=1S/C23H23N3O4/c27-20(24-19-12-6-10-16-7-4-5-11-18(16)19)15-29-22(28)14-13-21-25-23(26-30-21)17-8-2-1-3-9-17/h1-5,7-9,11,19H,6,10,12-15H2,(H,24,27). The molecule has 154 valence electrons. The highest BCUT2D eigenvalue weighted by atomic mass is 16.5. The van der Waals surface area contributed by atoms with Gasteiger partial charge in [-0.15, -0.1) is 0 Å². The minimum Gasteiger partial charge on any atom is -0.456 e. The first-order chi connectivity index (χ1) is 14.7. The molecule has 1 aliphatic carbocycles. The monoisotopic (exact) mass is 405 g/mol. The molecule has 1 aliphatic rings. The Morgan fingerprint density at radius 2 is 1.90 bits per heavy atom. The summed E-state index contributed by atoms with van der Waals surface area (Å²) in [6, 6.07) is 17.5. The van der Waals surface area contributed by atoms with Crippen molar-refractivity contribution in [1.29, 1.82) is 0 Å². The number of carbonyl (C=O) groups is 2. The zero-order valence-electron chi connectivity index (χ0n) is 16.5. The number of aromatic nitrogens is 2. The van der Waals surface area contributed by atoms with Crippen LogP contribution >= 0.6 is 0 Å². The van der Waals surface area contributed by atoms with Crippen LogP contribution in [0.25, 0.3) is 11.4 Å². The third kappa shape index (κ3) is 4.92. The van der Waals surface area contributed by atoms with Gasteiger partial charge >= 0.3 is 5.97 Å². The summed E-state index contributed by atoms with van der Waals surface area (Å²) in [7, 11) is 0. The molecule has 0 spiro atoms. The Labute approximate surface area is 174 Å². The molecule has 1 aromatic heterocycles. The summed E-state index contributed by atoms with van der Waals surface area (Å²) in [4.78, 5) is 28.5. The molecular formula is C23H23N3O4. The molecule has 0 fully saturated rings. The number of carbonyl (C=O) groups excluding carboxylic acids is 2. The Hall–Kier alpha value is -3.48. The highest BCUT2D eigenvalue weighted by molar-refractivity contribution is 5.81. The summed E-state index contributed by atoms with van der Waals surface area (Å²) in [6.45, 7) is -0.295. The summed E-state index contributed by atoms with van der Waals surface area (Å²) in [5.41, 5.74) is 3.26. The Morgan fingerprint density at radius 1 is 1.10 bits per heavy atom. The summed E-state index contributed by atoms with van der Waals surface area (Å²) in [5, 5.41) is 6.89. The van der Waals surface area contributed by atoms with Crippen molar-refractivity contribution in [3.05, 3.63) is 71.6 Å². The van der Waals surface area contributed by atoms with E-state index in [1.165, 1.54) is 5.56 Å². The van der Waals surface area contributed by atoms with Crippen molar-refractivity contribution in [2.75, 3.05) is 6.61 Å². The SMILES string of the molecule is O=C(COC(=O)CCc1nc(-c2ccccc2)no1)NC1CCCc2ccccc21. The highest BCUT2D eigenvalue weighted by Gasteiger charge is 2.22. The van der Waals surface area contributed by atoms with Gasteiger partial charge in [0.1, 0.15) is 0 Å². The lowest BCUT2D eigenvalue weighted by Gasteiger charge is -2.26. The molecule has 1 unspecified atom stereocenters. The molecule has 1 amide bonds. The van der Waals surface area contributed by atoms with Gasteiger partial charge in [-0.1, -0.05) is 59.8 Å². The average molecular weight is 405 g/mol. The minimum atomic E-state index is -0.478. The van der Waals surface area contributed by atoms with Gasteiger partial charge in [0, 0.05) is 12.0 Å². The lowest BCUT2D eigenvalue weighted by Crippen LogP contribution is -2.34. The molecule has 4 rings (SSSR count). The zero-order valence-corrected chi connectivity index (χ0v) is 16.5. The molecule has 30 heavy (non-hydrogen) atoms. The second-order valence-corrected chi connectivity index (χ2v) is 7.25. The van der Waals surface area contributed by atoms with Crippen LogP contribution < -0.4 is 5.32 Å². The van der Waals surface area contributed by atoms with Crippen molar-refractivity contribution in [3.8, 4) is 11.4 Å². The van der Waals surface area contributed by atoms with Gasteiger partial charge in [-0.05, 0) is 30.4 Å². The third-order valence-electron chi connectivity index (χ3n) is 5.11. The Balaban J connectivity index is 1.22. The Morgan fingerprint density at radius 3 is 2.77 bits per heavy atom. The van der Waals surface area contributed by atoms with Crippen LogP contribution in [0.15, 0.2) is 59.1 Å². The molecule has 0 saturated carbocycles. The fraction of sp³-hybridized carbons (Fsp3) is 0.304. The van der Waals surface area contributed by atoms with E-state index in [4.69, 9.17) is 9.26 Å². The summed E-state index contributed by atoms with van der Waals surface area (Å²) in [6.07, 6.45) is 3.26. The molecule has 2 aromatic carbocycles. The van der Waals surface area contributed by atoms with Crippen LogP contribution in [-0.2, 0) is 27.2 Å². The Bertz CT molecular complexity index is 1020. The van der Waals surface area contributed by atoms with E-state index >= 15 is 0 Å². The van der Waals surface area contributed by atoms with Crippen molar-refractivity contribution in [1.82, 2.24) is 15.5 Å². The lowest BCUT2D eigenvalue weighted by molar-refractivity contribution is -0.148. The largest absolute Gasteiger partial charge is 0.456 e. The van der Waals surface area contributed by atoms with Crippen LogP contribution in [0, 0.1) is 0 Å². The number of nitrogens with one attached hydrogen (secondary N) is 1. The number of hydrogen-bond donors (Lipinski definition) is 1. The molecule has 0 saturated heterocycles. The molecule has 7 heteroatoms. The quantitative estimate of drug-likeness (QED) is 0.606. The first kappa shape index (κ1) is 19.8. The molecule has 1 heterocycles. The lowest BCUT2D eigenvalue weighted by atomic mass is 9.88. The van der Waals surface area contributed by atoms with Crippen molar-refractivity contribution < 1.29 is 18.8 Å². The number of amides is 1. The van der Waals surface area contributed by atoms with Crippen molar-refractivity contribution >= 4 is 11.9 Å². The van der Waals surface area contributed by atoms with E-state index in [1.807, 2.05) is 48.5 Å². The third-order valence-corrected chi connectivity index (χ3v) is 5.11. The highest BCUT2D eigenvalue weighted by Crippen LogP contribution is 2.29. The molecule has 3 aromatic rings. The number of nitrogens with zero attached hydrogens (tertiary/aromatic N) is 2. The molecule has 0 radical (unpaired) electrons. The number of aryl methyl sites for hydroxylation is 2. The maximum Gasteiger partial charge on any atom is 0.306 e. The topological polar surface area (TPSA) is 94.3 Å². The van der Waals surface area contributed by atoms with E-state index in [-0.39, 0.29) is 31.4 Å². The van der Waals surface area contributed by atoms with Gasteiger partial charge in [-0.25, -0.2) is 0 Å². The van der Waals surface area contributed by atoms with E-state index in [9.17, 15) is 9.59 Å². The number of fused-ring (bicyclic) bond motifs is 1. The number of ether oxygens (including phenoxy) is 1. The number of rotatable bonds is 7. The number of esters is 1. The van der Waals surface area contributed by atoms with Crippen LogP contribution in [0.3, 0.4) is 0 Å². The van der Waals surface area contributed by atoms with Crippen LogP contribution in [0.1, 0.15) is 42.3 Å². The number of benzene rings is 2.